The lowest BCUT2D eigenvalue weighted by Crippen LogP contribution is -2.53. The van der Waals surface area contributed by atoms with Gasteiger partial charge < -0.3 is 25.2 Å². The highest BCUT2D eigenvalue weighted by Crippen LogP contribution is 2.21. The standard InChI is InChI=1S/C14H28O5/c1-2-3-4-5-6-7-10(15)8-12-14(18)13(17)11(16)9-19-12/h10-18H,2-9H2,1H3/t10-,11+,12-,13-,14-/m0/s1. The molecule has 1 heterocycles. The second-order valence-corrected chi connectivity index (χ2v) is 5.51. The van der Waals surface area contributed by atoms with Gasteiger partial charge >= 0.3 is 0 Å². The van der Waals surface area contributed by atoms with Crippen LogP contribution in [0.5, 0.6) is 0 Å². The fraction of sp³-hybridized carbons (Fsp3) is 1.00. The lowest BCUT2D eigenvalue weighted by atomic mass is 9.94. The molecule has 1 saturated heterocycles. The van der Waals surface area contributed by atoms with E-state index in [1.807, 2.05) is 0 Å². The van der Waals surface area contributed by atoms with Gasteiger partial charge in [-0.2, -0.15) is 0 Å². The van der Waals surface area contributed by atoms with Crippen molar-refractivity contribution in [3.05, 3.63) is 0 Å². The molecule has 0 radical (unpaired) electrons. The summed E-state index contributed by atoms with van der Waals surface area (Å²) in [5.41, 5.74) is 0. The van der Waals surface area contributed by atoms with Gasteiger partial charge in [-0.1, -0.05) is 39.0 Å². The highest BCUT2D eigenvalue weighted by molar-refractivity contribution is 4.87. The van der Waals surface area contributed by atoms with Gasteiger partial charge in [-0.3, -0.25) is 0 Å². The smallest absolute Gasteiger partial charge is 0.111 e. The average molecular weight is 276 g/mol. The Morgan fingerprint density at radius 2 is 1.74 bits per heavy atom. The van der Waals surface area contributed by atoms with E-state index in [4.69, 9.17) is 4.74 Å². The quantitative estimate of drug-likeness (QED) is 0.487. The second kappa shape index (κ2) is 8.87. The third-order valence-electron chi connectivity index (χ3n) is 3.75. The molecule has 0 amide bonds. The molecule has 0 aromatic carbocycles. The van der Waals surface area contributed by atoms with Crippen LogP contribution >= 0.6 is 0 Å². The zero-order valence-electron chi connectivity index (χ0n) is 11.7. The maximum Gasteiger partial charge on any atom is 0.111 e. The summed E-state index contributed by atoms with van der Waals surface area (Å²) in [6.07, 6.45) is 2.22. The van der Waals surface area contributed by atoms with Crippen LogP contribution in [-0.4, -0.2) is 57.6 Å². The molecule has 0 aromatic heterocycles. The Hall–Kier alpha value is -0.200. The van der Waals surface area contributed by atoms with Crippen molar-refractivity contribution in [1.29, 1.82) is 0 Å². The van der Waals surface area contributed by atoms with Crippen molar-refractivity contribution in [2.75, 3.05) is 6.61 Å². The largest absolute Gasteiger partial charge is 0.393 e. The molecule has 114 valence electrons. The van der Waals surface area contributed by atoms with Crippen molar-refractivity contribution < 1.29 is 25.2 Å². The van der Waals surface area contributed by atoms with Crippen molar-refractivity contribution in [3.63, 3.8) is 0 Å². The summed E-state index contributed by atoms with van der Waals surface area (Å²) in [7, 11) is 0. The van der Waals surface area contributed by atoms with Crippen LogP contribution in [-0.2, 0) is 4.74 Å². The molecule has 1 aliphatic rings. The first-order valence-corrected chi connectivity index (χ1v) is 7.40. The minimum absolute atomic E-state index is 0.00606. The average Bonchev–Trinajstić information content (AvgIpc) is 2.39. The van der Waals surface area contributed by atoms with Gasteiger partial charge in [-0.15, -0.1) is 0 Å². The maximum absolute atomic E-state index is 9.89. The van der Waals surface area contributed by atoms with Crippen LogP contribution in [0.3, 0.4) is 0 Å². The Morgan fingerprint density at radius 3 is 2.42 bits per heavy atom. The molecule has 0 bridgehead atoms. The number of aliphatic hydroxyl groups excluding tert-OH is 4. The van der Waals surface area contributed by atoms with Gasteiger partial charge in [0.05, 0.1) is 18.8 Å². The van der Waals surface area contributed by atoms with Gasteiger partial charge in [0.25, 0.3) is 0 Å². The Bertz CT molecular complexity index is 236. The minimum atomic E-state index is -1.18. The first-order valence-electron chi connectivity index (χ1n) is 7.40. The van der Waals surface area contributed by atoms with E-state index in [0.29, 0.717) is 12.8 Å². The van der Waals surface area contributed by atoms with Gasteiger partial charge in [0.2, 0.25) is 0 Å². The van der Waals surface area contributed by atoms with Crippen LogP contribution in [0, 0.1) is 0 Å². The van der Waals surface area contributed by atoms with Crippen molar-refractivity contribution in [1.82, 2.24) is 0 Å². The fourth-order valence-corrected chi connectivity index (χ4v) is 2.44. The monoisotopic (exact) mass is 276 g/mol. The van der Waals surface area contributed by atoms with Crippen LogP contribution in [0.4, 0.5) is 0 Å². The Balaban J connectivity index is 2.19. The van der Waals surface area contributed by atoms with Crippen molar-refractivity contribution in [2.24, 2.45) is 0 Å². The van der Waals surface area contributed by atoms with Crippen LogP contribution < -0.4 is 0 Å². The fourth-order valence-electron chi connectivity index (χ4n) is 2.44. The molecule has 0 aromatic rings. The number of hydrogen-bond donors (Lipinski definition) is 4. The molecule has 5 nitrogen and oxygen atoms in total. The van der Waals surface area contributed by atoms with Gasteiger partial charge in [0.15, 0.2) is 0 Å². The van der Waals surface area contributed by atoms with Crippen LogP contribution in [0.25, 0.3) is 0 Å². The maximum atomic E-state index is 9.89. The lowest BCUT2D eigenvalue weighted by molar-refractivity contribution is -0.193. The zero-order chi connectivity index (χ0) is 14.3. The summed E-state index contributed by atoms with van der Waals surface area (Å²) < 4.78 is 5.27. The number of hydrogen-bond acceptors (Lipinski definition) is 5. The summed E-state index contributed by atoms with van der Waals surface area (Å²) in [5.74, 6) is 0. The van der Waals surface area contributed by atoms with Crippen molar-refractivity contribution >= 4 is 0 Å². The summed E-state index contributed by atoms with van der Waals surface area (Å²) in [6.45, 7) is 2.17. The second-order valence-electron chi connectivity index (χ2n) is 5.51. The molecule has 5 heteroatoms. The lowest BCUT2D eigenvalue weighted by Gasteiger charge is -2.36. The van der Waals surface area contributed by atoms with Crippen LogP contribution in [0.1, 0.15) is 51.9 Å². The third-order valence-corrected chi connectivity index (χ3v) is 3.75. The van der Waals surface area contributed by atoms with E-state index in [1.165, 1.54) is 19.3 Å². The normalized spacial score (nSPS) is 33.3. The molecular formula is C14H28O5. The van der Waals surface area contributed by atoms with E-state index in [0.717, 1.165) is 12.8 Å². The Labute approximate surface area is 115 Å². The summed E-state index contributed by atoms with van der Waals surface area (Å²) >= 11 is 0. The number of aliphatic hydroxyl groups is 4. The minimum Gasteiger partial charge on any atom is -0.393 e. The number of unbranched alkanes of at least 4 members (excludes halogenated alkanes) is 4. The Morgan fingerprint density at radius 1 is 1.05 bits per heavy atom. The first-order chi connectivity index (χ1) is 9.06. The van der Waals surface area contributed by atoms with Gasteiger partial charge in [-0.05, 0) is 6.42 Å². The molecule has 4 N–H and O–H groups in total. The van der Waals surface area contributed by atoms with Crippen molar-refractivity contribution in [3.8, 4) is 0 Å². The van der Waals surface area contributed by atoms with Gasteiger partial charge in [0.1, 0.15) is 18.3 Å². The predicted octanol–water partition coefficient (Wildman–Crippen LogP) is 0.579. The third kappa shape index (κ3) is 5.75. The van der Waals surface area contributed by atoms with E-state index < -0.39 is 30.5 Å². The van der Waals surface area contributed by atoms with E-state index in [9.17, 15) is 20.4 Å². The molecule has 19 heavy (non-hydrogen) atoms. The molecule has 5 atom stereocenters. The van der Waals surface area contributed by atoms with Gasteiger partial charge in [-0.25, -0.2) is 0 Å². The molecule has 1 fully saturated rings. The predicted molar refractivity (Wildman–Crippen MR) is 71.8 cm³/mol. The van der Waals surface area contributed by atoms with E-state index in [2.05, 4.69) is 6.92 Å². The van der Waals surface area contributed by atoms with E-state index in [-0.39, 0.29) is 6.61 Å². The molecule has 0 unspecified atom stereocenters. The SMILES string of the molecule is CCCCCCC[C@H](O)C[C@@H]1OC[C@@H](O)[C@H](O)[C@H]1O. The summed E-state index contributed by atoms with van der Waals surface area (Å²) in [6, 6.07) is 0. The highest BCUT2D eigenvalue weighted by Gasteiger charge is 2.38. The van der Waals surface area contributed by atoms with Crippen LogP contribution in [0.15, 0.2) is 0 Å². The molecular weight excluding hydrogens is 248 g/mol. The summed E-state index contributed by atoms with van der Waals surface area (Å²) in [5, 5.41) is 38.5. The van der Waals surface area contributed by atoms with Crippen LogP contribution in [0.2, 0.25) is 0 Å². The topological polar surface area (TPSA) is 90.2 Å². The Kier molecular flexibility index (Phi) is 7.87. The highest BCUT2D eigenvalue weighted by atomic mass is 16.5. The molecule has 1 aliphatic heterocycles. The summed E-state index contributed by atoms with van der Waals surface area (Å²) in [4.78, 5) is 0. The molecule has 0 spiro atoms. The van der Waals surface area contributed by atoms with E-state index in [1.54, 1.807) is 0 Å². The molecule has 0 saturated carbocycles. The van der Waals surface area contributed by atoms with Crippen molar-refractivity contribution in [2.45, 2.75) is 82.4 Å². The number of rotatable bonds is 8. The first kappa shape index (κ1) is 16.9. The molecule has 0 aliphatic carbocycles. The molecule has 1 rings (SSSR count). The zero-order valence-corrected chi connectivity index (χ0v) is 11.7. The van der Waals surface area contributed by atoms with E-state index >= 15 is 0 Å². The van der Waals surface area contributed by atoms with Gasteiger partial charge in [0, 0.05) is 6.42 Å². The number of ether oxygens (including phenoxy) is 1.